The summed E-state index contributed by atoms with van der Waals surface area (Å²) in [6, 6.07) is 13.5. The Balaban J connectivity index is 1.72. The van der Waals surface area contributed by atoms with Crippen molar-refractivity contribution < 1.29 is 9.73 Å². The first-order valence-corrected chi connectivity index (χ1v) is 8.72. The quantitative estimate of drug-likeness (QED) is 0.310. The average Bonchev–Trinajstić information content (AvgIpc) is 2.61. The molecule has 0 spiro atoms. The number of aryl methyl sites for hydroxylation is 2. The third-order valence-corrected chi connectivity index (χ3v) is 4.09. The second-order valence-corrected chi connectivity index (χ2v) is 6.41. The number of benzene rings is 2. The van der Waals surface area contributed by atoms with Crippen LogP contribution >= 0.6 is 12.2 Å². The second-order valence-electron chi connectivity index (χ2n) is 6.00. The number of methoxy groups -OCH3 is 1. The fourth-order valence-electron chi connectivity index (χ4n) is 2.56. The molecule has 138 valence electrons. The van der Waals surface area contributed by atoms with Gasteiger partial charge in [-0.25, -0.2) is 20.3 Å². The molecule has 0 atom stereocenters. The van der Waals surface area contributed by atoms with E-state index in [1.54, 1.807) is 7.11 Å². The van der Waals surface area contributed by atoms with Crippen LogP contribution in [0.25, 0.3) is 10.9 Å². The Morgan fingerprint density at radius 1 is 1.07 bits per heavy atom. The highest BCUT2D eigenvalue weighted by atomic mass is 32.1. The summed E-state index contributed by atoms with van der Waals surface area (Å²) < 4.78 is 5.13. The molecule has 0 amide bonds. The van der Waals surface area contributed by atoms with Crippen molar-refractivity contribution in [1.82, 2.24) is 9.97 Å². The maximum absolute atomic E-state index is 6.00. The van der Waals surface area contributed by atoms with Crippen LogP contribution in [0.3, 0.4) is 0 Å². The minimum atomic E-state index is 0.229. The van der Waals surface area contributed by atoms with Gasteiger partial charge in [0.25, 0.3) is 11.1 Å². The summed E-state index contributed by atoms with van der Waals surface area (Å²) in [6.07, 6.45) is 0. The van der Waals surface area contributed by atoms with Gasteiger partial charge in [0, 0.05) is 5.39 Å². The minimum Gasteiger partial charge on any atom is -0.497 e. The molecule has 0 saturated heterocycles. The number of thiocarbonyl (C=S) groups is 1. The van der Waals surface area contributed by atoms with Gasteiger partial charge in [-0.2, -0.15) is 0 Å². The first-order valence-electron chi connectivity index (χ1n) is 8.31. The highest BCUT2D eigenvalue weighted by molar-refractivity contribution is 7.80. The number of aromatic nitrogens is 2. The number of nitrogens with one attached hydrogen (secondary N) is 3. The normalized spacial score (nSPS) is 11.3. The van der Waals surface area contributed by atoms with Crippen LogP contribution in [0.4, 0.5) is 11.6 Å². The number of nitrogens with zero attached hydrogens (tertiary/aromatic N) is 2. The van der Waals surface area contributed by atoms with E-state index in [1.807, 2.05) is 56.3 Å². The van der Waals surface area contributed by atoms with Gasteiger partial charge in [0.15, 0.2) is 0 Å². The number of hydrogen-bond donors (Lipinski definition) is 4. The van der Waals surface area contributed by atoms with E-state index in [0.29, 0.717) is 11.1 Å². The summed E-state index contributed by atoms with van der Waals surface area (Å²) >= 11 is 5.27. The first kappa shape index (κ1) is 18.5. The lowest BCUT2D eigenvalue weighted by Gasteiger charge is -2.06. The molecule has 3 aromatic rings. The molecule has 0 bridgehead atoms. The number of anilines is 2. The van der Waals surface area contributed by atoms with Crippen LogP contribution in [-0.2, 0) is 0 Å². The van der Waals surface area contributed by atoms with Gasteiger partial charge in [0.05, 0.1) is 24.0 Å². The Hall–Kier alpha value is -3.26. The van der Waals surface area contributed by atoms with Crippen molar-refractivity contribution in [2.24, 2.45) is 5.73 Å². The summed E-state index contributed by atoms with van der Waals surface area (Å²) in [7, 11) is 1.62. The van der Waals surface area contributed by atoms with Gasteiger partial charge in [-0.05, 0) is 62.0 Å². The van der Waals surface area contributed by atoms with Gasteiger partial charge in [0.2, 0.25) is 0 Å². The molecule has 0 radical (unpaired) electrons. The van der Waals surface area contributed by atoms with Crippen LogP contribution in [0.1, 0.15) is 11.3 Å². The van der Waals surface area contributed by atoms with Gasteiger partial charge in [-0.3, -0.25) is 5.32 Å². The van der Waals surface area contributed by atoms with Gasteiger partial charge >= 0.3 is 5.96 Å². The zero-order chi connectivity index (χ0) is 19.4. The fourth-order valence-corrected chi connectivity index (χ4v) is 2.79. The van der Waals surface area contributed by atoms with Crippen LogP contribution in [0.5, 0.6) is 5.75 Å². The maximum Gasteiger partial charge on any atom is 0.312 e. The van der Waals surface area contributed by atoms with E-state index in [4.69, 9.17) is 22.7 Å². The molecular formula is C19H21N6OS+. The van der Waals surface area contributed by atoms with E-state index in [0.717, 1.165) is 33.6 Å². The number of hydrogen-bond acceptors (Lipinski definition) is 4. The zero-order valence-electron chi connectivity index (χ0n) is 15.3. The first-order chi connectivity index (χ1) is 12.9. The van der Waals surface area contributed by atoms with Gasteiger partial charge in [-0.15, -0.1) is 0 Å². The van der Waals surface area contributed by atoms with E-state index in [9.17, 15) is 0 Å². The van der Waals surface area contributed by atoms with Crippen molar-refractivity contribution in [2.45, 2.75) is 13.8 Å². The monoisotopic (exact) mass is 381 g/mol. The lowest BCUT2D eigenvalue weighted by Crippen LogP contribution is -2.82. The Bertz CT molecular complexity index is 1020. The van der Waals surface area contributed by atoms with Gasteiger partial charge in [-0.1, -0.05) is 12.1 Å². The third-order valence-electron chi connectivity index (χ3n) is 3.89. The average molecular weight is 381 g/mol. The second kappa shape index (κ2) is 7.96. The summed E-state index contributed by atoms with van der Waals surface area (Å²) in [4.78, 5) is 11.8. The topological polar surface area (TPSA) is 99.1 Å². The smallest absolute Gasteiger partial charge is 0.312 e. The van der Waals surface area contributed by atoms with Crippen molar-refractivity contribution >= 4 is 45.8 Å². The Morgan fingerprint density at radius 3 is 2.52 bits per heavy atom. The standard InChI is InChI=1S/C19H20N6OS/c1-11-4-9-15-12(2)21-18(23-16(15)10-11)24-17(20)25-19(27)22-13-5-7-14(26-3)8-6-13/h4-10H,1-3H3,(H4,20,21,22,23,24,25,27)/p+1. The molecule has 27 heavy (non-hydrogen) atoms. The molecule has 0 aliphatic rings. The predicted molar refractivity (Wildman–Crippen MR) is 112 cm³/mol. The van der Waals surface area contributed by atoms with Crippen LogP contribution in [0.15, 0.2) is 42.5 Å². The summed E-state index contributed by atoms with van der Waals surface area (Å²) in [5.74, 6) is 1.40. The van der Waals surface area contributed by atoms with Crippen molar-refractivity contribution in [1.29, 1.82) is 0 Å². The molecule has 0 unspecified atom stereocenters. The van der Waals surface area contributed by atoms with Crippen molar-refractivity contribution in [3.63, 3.8) is 0 Å². The van der Waals surface area contributed by atoms with Crippen LogP contribution in [0.2, 0.25) is 0 Å². The number of fused-ring (bicyclic) bond motifs is 1. The lowest BCUT2D eigenvalue weighted by atomic mass is 10.1. The maximum atomic E-state index is 6.00. The van der Waals surface area contributed by atoms with Crippen LogP contribution < -0.4 is 26.1 Å². The zero-order valence-corrected chi connectivity index (χ0v) is 16.1. The van der Waals surface area contributed by atoms with E-state index in [1.165, 1.54) is 0 Å². The SMILES string of the molecule is COc1ccc(NC(=S)[NH+]=C(N)Nc2nc(C)c3ccc(C)cc3n2)cc1. The molecule has 0 fully saturated rings. The van der Waals surface area contributed by atoms with Gasteiger partial charge in [0.1, 0.15) is 5.75 Å². The predicted octanol–water partition coefficient (Wildman–Crippen LogP) is 1.46. The molecule has 1 aromatic heterocycles. The van der Waals surface area contributed by atoms with Crippen molar-refractivity contribution in [2.75, 3.05) is 17.7 Å². The van der Waals surface area contributed by atoms with E-state index < -0.39 is 0 Å². The number of ether oxygens (including phenoxy) is 1. The summed E-state index contributed by atoms with van der Waals surface area (Å²) in [6.45, 7) is 3.96. The summed E-state index contributed by atoms with van der Waals surface area (Å²) in [5, 5.41) is 7.34. The lowest BCUT2D eigenvalue weighted by molar-refractivity contribution is -0.311. The molecule has 0 saturated carbocycles. The molecule has 0 aliphatic carbocycles. The Morgan fingerprint density at radius 2 is 1.81 bits per heavy atom. The molecule has 3 rings (SSSR count). The molecular weight excluding hydrogens is 360 g/mol. The molecule has 2 aromatic carbocycles. The van der Waals surface area contributed by atoms with Crippen molar-refractivity contribution in [3.05, 3.63) is 53.7 Å². The van der Waals surface area contributed by atoms with Gasteiger partial charge < -0.3 is 10.5 Å². The van der Waals surface area contributed by atoms with Crippen LogP contribution in [0, 0.1) is 13.8 Å². The fraction of sp³-hybridized carbons (Fsp3) is 0.158. The van der Waals surface area contributed by atoms with Crippen molar-refractivity contribution in [3.8, 4) is 5.75 Å². The van der Waals surface area contributed by atoms with E-state index in [-0.39, 0.29) is 5.96 Å². The van der Waals surface area contributed by atoms with E-state index >= 15 is 0 Å². The highest BCUT2D eigenvalue weighted by Crippen LogP contribution is 2.18. The Labute approximate surface area is 162 Å². The minimum absolute atomic E-state index is 0.229. The van der Waals surface area contributed by atoms with Crippen LogP contribution in [-0.4, -0.2) is 28.1 Å². The number of nitrogens with two attached hydrogens (primary N) is 1. The molecule has 5 N–H and O–H groups in total. The Kier molecular flexibility index (Phi) is 5.46. The summed E-state index contributed by atoms with van der Waals surface area (Å²) in [5.41, 5.74) is 9.67. The highest BCUT2D eigenvalue weighted by Gasteiger charge is 2.09. The largest absolute Gasteiger partial charge is 0.497 e. The molecule has 7 nitrogen and oxygen atoms in total. The molecule has 8 heteroatoms. The third kappa shape index (κ3) is 4.68. The molecule has 1 heterocycles. The number of rotatable bonds is 3. The molecule has 0 aliphatic heterocycles. The number of guanidine groups is 1. The van der Waals surface area contributed by atoms with E-state index in [2.05, 4.69) is 25.6 Å².